The fraction of sp³-hybridized carbons (Fsp3) is 0.0625. The van der Waals surface area contributed by atoms with Crippen LogP contribution in [0.3, 0.4) is 0 Å². The number of halogens is 2. The molecule has 24 heavy (non-hydrogen) atoms. The van der Waals surface area contributed by atoms with Crippen LogP contribution in [0.5, 0.6) is 0 Å². The molecular weight excluding hydrogens is 349 g/mol. The summed E-state index contributed by atoms with van der Waals surface area (Å²) < 4.78 is 0. The Labute approximate surface area is 151 Å². The van der Waals surface area contributed by atoms with E-state index in [1.807, 2.05) is 30.3 Å². The molecule has 2 aromatic rings. The number of guanidine groups is 1. The van der Waals surface area contributed by atoms with E-state index in [4.69, 9.17) is 23.1 Å². The van der Waals surface area contributed by atoms with Crippen LogP contribution < -0.4 is 16.8 Å². The minimum Gasteiger partial charge on any atom is -0.369 e. The van der Waals surface area contributed by atoms with Crippen LogP contribution in [0.2, 0.25) is 5.02 Å². The minimum absolute atomic E-state index is 0. The van der Waals surface area contributed by atoms with Gasteiger partial charge in [-0.2, -0.15) is 0 Å². The van der Waals surface area contributed by atoms with Crippen LogP contribution in [0.4, 0.5) is 5.69 Å². The second kappa shape index (κ2) is 8.90. The van der Waals surface area contributed by atoms with Crippen molar-refractivity contribution in [2.75, 3.05) is 5.32 Å². The van der Waals surface area contributed by atoms with Crippen molar-refractivity contribution >= 4 is 47.3 Å². The van der Waals surface area contributed by atoms with Gasteiger partial charge in [0.1, 0.15) is 5.71 Å². The Morgan fingerprint density at radius 3 is 2.33 bits per heavy atom. The number of rotatable bonds is 4. The van der Waals surface area contributed by atoms with Crippen molar-refractivity contribution in [1.82, 2.24) is 0 Å². The first-order valence-corrected chi connectivity index (χ1v) is 7.14. The van der Waals surface area contributed by atoms with Crippen LogP contribution >= 0.6 is 24.0 Å². The number of carbonyl (C=O) groups excluding carboxylic acids is 1. The van der Waals surface area contributed by atoms with Gasteiger partial charge in [0, 0.05) is 23.1 Å². The van der Waals surface area contributed by atoms with Crippen molar-refractivity contribution in [3.8, 4) is 0 Å². The standard InChI is InChI=1S/C16H16ClN5O.ClH/c1-10(23)20-14-8-7-12(17)9-13(14)15(21-22-16(18)19)11-5-3-2-4-6-11;/h2-9H,1H3,(H,20,23)(H4,18,19,22);1H/b21-15-;. The smallest absolute Gasteiger partial charge is 0.221 e. The summed E-state index contributed by atoms with van der Waals surface area (Å²) in [6, 6.07) is 14.4. The van der Waals surface area contributed by atoms with Crippen LogP contribution in [0, 0.1) is 0 Å². The van der Waals surface area contributed by atoms with Gasteiger partial charge in [0.25, 0.3) is 0 Å². The first-order valence-electron chi connectivity index (χ1n) is 6.77. The molecule has 0 aliphatic heterocycles. The number of amides is 1. The summed E-state index contributed by atoms with van der Waals surface area (Å²) in [4.78, 5) is 11.4. The van der Waals surface area contributed by atoms with Crippen molar-refractivity contribution in [3.05, 3.63) is 64.7 Å². The number of nitrogens with two attached hydrogens (primary N) is 2. The first kappa shape index (κ1) is 19.5. The van der Waals surface area contributed by atoms with E-state index in [1.165, 1.54) is 6.92 Å². The Morgan fingerprint density at radius 2 is 1.75 bits per heavy atom. The molecule has 0 fully saturated rings. The van der Waals surface area contributed by atoms with Gasteiger partial charge in [-0.05, 0) is 18.2 Å². The van der Waals surface area contributed by atoms with E-state index in [0.717, 1.165) is 5.56 Å². The van der Waals surface area contributed by atoms with Gasteiger partial charge < -0.3 is 16.8 Å². The summed E-state index contributed by atoms with van der Waals surface area (Å²) in [5.74, 6) is -0.371. The molecule has 0 aliphatic carbocycles. The molecule has 0 saturated heterocycles. The van der Waals surface area contributed by atoms with E-state index in [0.29, 0.717) is 22.0 Å². The van der Waals surface area contributed by atoms with Crippen LogP contribution in [0.25, 0.3) is 0 Å². The third-order valence-electron chi connectivity index (χ3n) is 2.86. The number of hydrogen-bond donors (Lipinski definition) is 3. The molecular formula is C16H17Cl2N5O. The maximum atomic E-state index is 11.4. The number of nitrogens with one attached hydrogen (secondary N) is 1. The highest BCUT2D eigenvalue weighted by molar-refractivity contribution is 6.31. The zero-order valence-electron chi connectivity index (χ0n) is 12.9. The van der Waals surface area contributed by atoms with Crippen LogP contribution in [0.1, 0.15) is 18.1 Å². The van der Waals surface area contributed by atoms with Gasteiger partial charge in [-0.1, -0.05) is 41.9 Å². The fourth-order valence-electron chi connectivity index (χ4n) is 1.98. The summed E-state index contributed by atoms with van der Waals surface area (Å²) in [5, 5.41) is 11.1. The minimum atomic E-state index is -0.206. The predicted octanol–water partition coefficient (Wildman–Crippen LogP) is 2.75. The van der Waals surface area contributed by atoms with Gasteiger partial charge in [0.05, 0.1) is 5.69 Å². The van der Waals surface area contributed by atoms with Crippen molar-refractivity contribution in [1.29, 1.82) is 0 Å². The normalized spacial score (nSPS) is 10.5. The van der Waals surface area contributed by atoms with Gasteiger partial charge >= 0.3 is 0 Å². The van der Waals surface area contributed by atoms with Crippen molar-refractivity contribution in [2.45, 2.75) is 6.92 Å². The molecule has 0 aliphatic rings. The van der Waals surface area contributed by atoms with Crippen molar-refractivity contribution in [3.63, 3.8) is 0 Å². The predicted molar refractivity (Wildman–Crippen MR) is 101 cm³/mol. The molecule has 0 heterocycles. The highest BCUT2D eigenvalue weighted by Crippen LogP contribution is 2.24. The van der Waals surface area contributed by atoms with Crippen LogP contribution in [0.15, 0.2) is 58.7 Å². The van der Waals surface area contributed by atoms with Crippen molar-refractivity contribution < 1.29 is 4.79 Å². The molecule has 6 nitrogen and oxygen atoms in total. The third-order valence-corrected chi connectivity index (χ3v) is 3.10. The molecule has 8 heteroatoms. The maximum Gasteiger partial charge on any atom is 0.221 e. The SMILES string of the molecule is CC(=O)Nc1ccc(Cl)cc1/C(=N\N=C(N)N)c1ccccc1.Cl. The molecule has 2 rings (SSSR count). The van der Waals surface area contributed by atoms with E-state index >= 15 is 0 Å². The summed E-state index contributed by atoms with van der Waals surface area (Å²) >= 11 is 6.09. The maximum absolute atomic E-state index is 11.4. The van der Waals surface area contributed by atoms with E-state index in [1.54, 1.807) is 18.2 Å². The zero-order valence-corrected chi connectivity index (χ0v) is 14.4. The molecule has 0 aromatic heterocycles. The van der Waals surface area contributed by atoms with E-state index in [2.05, 4.69) is 15.5 Å². The number of hydrogen-bond acceptors (Lipinski definition) is 3. The average Bonchev–Trinajstić information content (AvgIpc) is 2.50. The Bertz CT molecular complexity index is 771. The monoisotopic (exact) mass is 365 g/mol. The molecule has 126 valence electrons. The lowest BCUT2D eigenvalue weighted by Crippen LogP contribution is -2.22. The summed E-state index contributed by atoms with van der Waals surface area (Å²) in [7, 11) is 0. The topological polar surface area (TPSA) is 106 Å². The van der Waals surface area contributed by atoms with Gasteiger partial charge in [-0.25, -0.2) is 0 Å². The lowest BCUT2D eigenvalue weighted by atomic mass is 10.0. The highest BCUT2D eigenvalue weighted by Gasteiger charge is 2.14. The summed E-state index contributed by atoms with van der Waals surface area (Å²) in [5.41, 5.74) is 13.2. The van der Waals surface area contributed by atoms with Crippen LogP contribution in [-0.2, 0) is 4.79 Å². The Balaban J connectivity index is 0.00000288. The molecule has 2 aromatic carbocycles. The summed E-state index contributed by atoms with van der Waals surface area (Å²) in [6.07, 6.45) is 0. The van der Waals surface area contributed by atoms with Gasteiger partial charge in [-0.15, -0.1) is 22.6 Å². The molecule has 0 spiro atoms. The lowest BCUT2D eigenvalue weighted by molar-refractivity contribution is -0.114. The van der Waals surface area contributed by atoms with Gasteiger partial charge in [0.2, 0.25) is 11.9 Å². The zero-order chi connectivity index (χ0) is 16.8. The van der Waals surface area contributed by atoms with E-state index < -0.39 is 0 Å². The summed E-state index contributed by atoms with van der Waals surface area (Å²) in [6.45, 7) is 1.42. The average molecular weight is 366 g/mol. The molecule has 1 amide bonds. The number of nitrogens with zero attached hydrogens (tertiary/aromatic N) is 2. The van der Waals surface area contributed by atoms with Crippen molar-refractivity contribution in [2.24, 2.45) is 21.7 Å². The lowest BCUT2D eigenvalue weighted by Gasteiger charge is -2.12. The number of anilines is 1. The number of carbonyl (C=O) groups is 1. The largest absolute Gasteiger partial charge is 0.369 e. The van der Waals surface area contributed by atoms with E-state index in [9.17, 15) is 4.79 Å². The van der Waals surface area contributed by atoms with Gasteiger partial charge in [-0.3, -0.25) is 4.79 Å². The van der Waals surface area contributed by atoms with Gasteiger partial charge in [0.15, 0.2) is 0 Å². The van der Waals surface area contributed by atoms with Crippen LogP contribution in [-0.4, -0.2) is 17.6 Å². The Hall–Kier alpha value is -2.57. The Morgan fingerprint density at radius 1 is 1.08 bits per heavy atom. The highest BCUT2D eigenvalue weighted by atomic mass is 35.5. The first-order chi connectivity index (χ1) is 11.0. The molecule has 0 unspecified atom stereocenters. The molecule has 0 radical (unpaired) electrons. The molecule has 0 atom stereocenters. The molecule has 5 N–H and O–H groups in total. The fourth-order valence-corrected chi connectivity index (χ4v) is 2.15. The second-order valence-corrected chi connectivity index (χ2v) is 5.15. The number of benzene rings is 2. The van der Waals surface area contributed by atoms with E-state index in [-0.39, 0.29) is 24.3 Å². The molecule has 0 bridgehead atoms. The second-order valence-electron chi connectivity index (χ2n) is 4.71. The molecule has 0 saturated carbocycles. The third kappa shape index (κ3) is 5.26. The Kier molecular flexibility index (Phi) is 7.23. The quantitative estimate of drug-likeness (QED) is 0.440.